The Hall–Kier alpha value is -0.0400. The van der Waals surface area contributed by atoms with Crippen LogP contribution in [0.25, 0.3) is 0 Å². The molecule has 1 heteroatoms. The first kappa shape index (κ1) is 8.55. The van der Waals surface area contributed by atoms with Crippen molar-refractivity contribution in [3.63, 3.8) is 0 Å². The van der Waals surface area contributed by atoms with Crippen LogP contribution < -0.4 is 0 Å². The molecule has 0 radical (unpaired) electrons. The molecule has 2 fully saturated rings. The third-order valence-corrected chi connectivity index (χ3v) is 3.68. The van der Waals surface area contributed by atoms with E-state index in [0.29, 0.717) is 5.92 Å². The molecule has 0 aromatic heterocycles. The molecule has 12 heavy (non-hydrogen) atoms. The van der Waals surface area contributed by atoms with Crippen LogP contribution in [0.5, 0.6) is 0 Å². The summed E-state index contributed by atoms with van der Waals surface area (Å²) >= 11 is 0. The van der Waals surface area contributed by atoms with Crippen molar-refractivity contribution in [1.82, 2.24) is 0 Å². The van der Waals surface area contributed by atoms with Crippen molar-refractivity contribution >= 4 is 0 Å². The van der Waals surface area contributed by atoms with E-state index < -0.39 is 0 Å². The van der Waals surface area contributed by atoms with E-state index in [1.165, 1.54) is 32.1 Å². The van der Waals surface area contributed by atoms with Crippen molar-refractivity contribution in [3.05, 3.63) is 0 Å². The molecule has 2 aliphatic carbocycles. The summed E-state index contributed by atoms with van der Waals surface area (Å²) in [7, 11) is 0. The summed E-state index contributed by atoms with van der Waals surface area (Å²) in [6.45, 7) is 2.19. The van der Waals surface area contributed by atoms with Gasteiger partial charge in [0.05, 0.1) is 6.10 Å². The predicted octanol–water partition coefficient (Wildman–Crippen LogP) is 2.58. The van der Waals surface area contributed by atoms with Gasteiger partial charge in [0.25, 0.3) is 0 Å². The van der Waals surface area contributed by atoms with E-state index in [1.807, 2.05) is 0 Å². The van der Waals surface area contributed by atoms with E-state index in [4.69, 9.17) is 0 Å². The van der Waals surface area contributed by atoms with E-state index in [-0.39, 0.29) is 6.10 Å². The molecular formula is C11H20O. The fourth-order valence-electron chi connectivity index (χ4n) is 2.72. The summed E-state index contributed by atoms with van der Waals surface area (Å²) in [5.74, 6) is 2.71. The zero-order valence-electron chi connectivity index (χ0n) is 8.00. The zero-order valence-corrected chi connectivity index (χ0v) is 8.00. The first-order valence-electron chi connectivity index (χ1n) is 5.49. The summed E-state index contributed by atoms with van der Waals surface area (Å²) in [6.07, 6.45) is 7.62. The fraction of sp³-hybridized carbons (Fsp3) is 1.00. The lowest BCUT2D eigenvalue weighted by atomic mass is 9.93. The molecule has 0 aromatic carbocycles. The van der Waals surface area contributed by atoms with Crippen LogP contribution >= 0.6 is 0 Å². The van der Waals surface area contributed by atoms with Crippen LogP contribution in [-0.2, 0) is 0 Å². The molecule has 1 N–H and O–H groups in total. The molecule has 0 heterocycles. The minimum atomic E-state index is 0.0257. The molecule has 3 unspecified atom stereocenters. The number of fused-ring (bicyclic) bond motifs is 1. The average molecular weight is 168 g/mol. The van der Waals surface area contributed by atoms with Crippen LogP contribution in [0.2, 0.25) is 0 Å². The van der Waals surface area contributed by atoms with Gasteiger partial charge in [0, 0.05) is 0 Å². The third-order valence-electron chi connectivity index (χ3n) is 3.68. The molecule has 70 valence electrons. The number of hydrogen-bond donors (Lipinski definition) is 1. The van der Waals surface area contributed by atoms with Crippen LogP contribution in [0.3, 0.4) is 0 Å². The maximum Gasteiger partial charge on any atom is 0.0568 e. The Morgan fingerprint density at radius 2 is 1.92 bits per heavy atom. The number of aliphatic hydroxyl groups is 1. The zero-order chi connectivity index (χ0) is 8.55. The molecular weight excluding hydrogens is 148 g/mol. The highest BCUT2D eigenvalue weighted by atomic mass is 16.3. The Balaban J connectivity index is 1.70. The summed E-state index contributed by atoms with van der Waals surface area (Å²) in [4.78, 5) is 0. The van der Waals surface area contributed by atoms with Crippen LogP contribution in [-0.4, -0.2) is 11.2 Å². The van der Waals surface area contributed by atoms with Crippen molar-refractivity contribution in [2.75, 3.05) is 0 Å². The Morgan fingerprint density at radius 1 is 1.25 bits per heavy atom. The summed E-state index contributed by atoms with van der Waals surface area (Å²) in [5.41, 5.74) is 0. The van der Waals surface area contributed by atoms with E-state index >= 15 is 0 Å². The molecule has 0 amide bonds. The van der Waals surface area contributed by atoms with E-state index in [2.05, 4.69) is 6.92 Å². The smallest absolute Gasteiger partial charge is 0.0568 e. The van der Waals surface area contributed by atoms with Crippen LogP contribution in [0, 0.1) is 17.8 Å². The molecule has 0 aliphatic heterocycles. The Bertz CT molecular complexity index is 145. The van der Waals surface area contributed by atoms with Crippen LogP contribution in [0.4, 0.5) is 0 Å². The minimum Gasteiger partial charge on any atom is -0.393 e. The number of aliphatic hydroxyl groups excluding tert-OH is 1. The fourth-order valence-corrected chi connectivity index (χ4v) is 2.72. The van der Waals surface area contributed by atoms with Crippen LogP contribution in [0.1, 0.15) is 45.4 Å². The van der Waals surface area contributed by atoms with Gasteiger partial charge in [0.2, 0.25) is 0 Å². The number of rotatable bonds is 4. The largest absolute Gasteiger partial charge is 0.393 e. The molecule has 2 saturated carbocycles. The van der Waals surface area contributed by atoms with Crippen molar-refractivity contribution in [2.45, 2.75) is 51.6 Å². The van der Waals surface area contributed by atoms with Crippen molar-refractivity contribution in [3.8, 4) is 0 Å². The highest BCUT2D eigenvalue weighted by Crippen LogP contribution is 2.55. The summed E-state index contributed by atoms with van der Waals surface area (Å²) < 4.78 is 0. The van der Waals surface area contributed by atoms with Gasteiger partial charge >= 0.3 is 0 Å². The topological polar surface area (TPSA) is 20.2 Å². The molecule has 1 nitrogen and oxygen atoms in total. The average Bonchev–Trinajstić information content (AvgIpc) is 2.69. The summed E-state index contributed by atoms with van der Waals surface area (Å²) in [6, 6.07) is 0. The molecule has 3 atom stereocenters. The summed E-state index contributed by atoms with van der Waals surface area (Å²) in [5, 5.41) is 9.82. The second-order valence-corrected chi connectivity index (χ2v) is 4.70. The Morgan fingerprint density at radius 3 is 2.50 bits per heavy atom. The molecule has 2 aliphatic rings. The molecule has 0 spiro atoms. The lowest BCUT2D eigenvalue weighted by Gasteiger charge is -2.18. The monoisotopic (exact) mass is 168 g/mol. The highest BCUT2D eigenvalue weighted by molar-refractivity contribution is 4.97. The van der Waals surface area contributed by atoms with Gasteiger partial charge in [-0.3, -0.25) is 0 Å². The van der Waals surface area contributed by atoms with Gasteiger partial charge in [0.15, 0.2) is 0 Å². The van der Waals surface area contributed by atoms with Crippen molar-refractivity contribution in [2.24, 2.45) is 17.8 Å². The van der Waals surface area contributed by atoms with Gasteiger partial charge in [-0.1, -0.05) is 19.8 Å². The van der Waals surface area contributed by atoms with Crippen molar-refractivity contribution in [1.29, 1.82) is 0 Å². The minimum absolute atomic E-state index is 0.0257. The molecule has 0 aromatic rings. The number of hydrogen-bond acceptors (Lipinski definition) is 1. The standard InChI is InChI=1S/C11H20O/c1-2-3-4-11(12)10-6-8-5-9(8)7-10/h8-12H,2-7H2,1H3. The van der Waals surface area contributed by atoms with Crippen LogP contribution in [0.15, 0.2) is 0 Å². The lowest BCUT2D eigenvalue weighted by Crippen LogP contribution is -2.18. The number of unbranched alkanes of at least 4 members (excludes halogenated alkanes) is 1. The van der Waals surface area contributed by atoms with Crippen molar-refractivity contribution < 1.29 is 5.11 Å². The normalized spacial score (nSPS) is 41.0. The predicted molar refractivity (Wildman–Crippen MR) is 49.9 cm³/mol. The second-order valence-electron chi connectivity index (χ2n) is 4.70. The van der Waals surface area contributed by atoms with Gasteiger partial charge in [-0.05, 0) is 43.4 Å². The van der Waals surface area contributed by atoms with Gasteiger partial charge < -0.3 is 5.11 Å². The maximum absolute atomic E-state index is 9.82. The Labute approximate surface area is 75.2 Å². The van der Waals surface area contributed by atoms with Gasteiger partial charge in [-0.25, -0.2) is 0 Å². The molecule has 0 bridgehead atoms. The van der Waals surface area contributed by atoms with Gasteiger partial charge in [-0.15, -0.1) is 0 Å². The lowest BCUT2D eigenvalue weighted by molar-refractivity contribution is 0.0930. The first-order valence-corrected chi connectivity index (χ1v) is 5.49. The third kappa shape index (κ3) is 1.66. The Kier molecular flexibility index (Phi) is 2.40. The maximum atomic E-state index is 9.82. The second kappa shape index (κ2) is 3.37. The highest BCUT2D eigenvalue weighted by Gasteiger charge is 2.47. The SMILES string of the molecule is CCCCC(O)C1CC2CC2C1. The quantitative estimate of drug-likeness (QED) is 0.684. The van der Waals surface area contributed by atoms with Gasteiger partial charge in [-0.2, -0.15) is 0 Å². The molecule has 0 saturated heterocycles. The van der Waals surface area contributed by atoms with Gasteiger partial charge in [0.1, 0.15) is 0 Å². The van der Waals surface area contributed by atoms with E-state index in [9.17, 15) is 5.11 Å². The van der Waals surface area contributed by atoms with E-state index in [0.717, 1.165) is 18.3 Å². The molecule has 2 rings (SSSR count). The first-order chi connectivity index (χ1) is 5.81. The van der Waals surface area contributed by atoms with E-state index in [1.54, 1.807) is 0 Å².